The zero-order chi connectivity index (χ0) is 37.8. The van der Waals surface area contributed by atoms with E-state index in [0.29, 0.717) is 11.4 Å². The van der Waals surface area contributed by atoms with Gasteiger partial charge in [0.2, 0.25) is 11.8 Å². The lowest BCUT2D eigenvalue weighted by molar-refractivity contribution is -0.158. The summed E-state index contributed by atoms with van der Waals surface area (Å²) in [5, 5.41) is 4.27. The second-order valence-corrected chi connectivity index (χ2v) is 14.0. The molecule has 0 saturated carbocycles. The Hall–Kier alpha value is -5.08. The van der Waals surface area contributed by atoms with Gasteiger partial charge in [-0.05, 0) is 52.5 Å². The number of ether oxygens (including phenoxy) is 3. The lowest BCUT2D eigenvalue weighted by Gasteiger charge is -2.35. The molecule has 0 bridgehead atoms. The van der Waals surface area contributed by atoms with Gasteiger partial charge in [-0.25, -0.2) is 9.78 Å². The molecule has 1 aromatic heterocycles. The molecule has 2 fully saturated rings. The van der Waals surface area contributed by atoms with Crippen molar-refractivity contribution in [3.8, 4) is 17.3 Å². The number of aromatic nitrogens is 2. The number of benzene rings is 2. The van der Waals surface area contributed by atoms with Crippen molar-refractivity contribution in [3.05, 3.63) is 78.0 Å². The Kier molecular flexibility index (Phi) is 13.7. The highest BCUT2D eigenvalue weighted by atomic mass is 16.8. The average molecular weight is 731 g/mol. The Bertz CT molecular complexity index is 1670. The molecule has 3 aromatic rings. The van der Waals surface area contributed by atoms with Gasteiger partial charge in [-0.15, -0.1) is 5.06 Å². The summed E-state index contributed by atoms with van der Waals surface area (Å²) in [6.07, 6.45) is 0.561. The fraction of sp³-hybridized carbons (Fsp3) is 0.487. The molecule has 2 aliphatic heterocycles. The van der Waals surface area contributed by atoms with Crippen LogP contribution in [0.15, 0.2) is 66.7 Å². The zero-order valence-corrected chi connectivity index (χ0v) is 31.0. The summed E-state index contributed by atoms with van der Waals surface area (Å²) in [4.78, 5) is 70.8. The fourth-order valence-corrected chi connectivity index (χ4v) is 6.13. The van der Waals surface area contributed by atoms with Gasteiger partial charge in [0.15, 0.2) is 5.82 Å². The summed E-state index contributed by atoms with van der Waals surface area (Å²) in [6, 6.07) is 20.1. The van der Waals surface area contributed by atoms with Crippen molar-refractivity contribution in [2.24, 2.45) is 0 Å². The third kappa shape index (κ3) is 12.2. The minimum absolute atomic E-state index is 0.000561. The molecule has 284 valence electrons. The predicted octanol–water partition coefficient (Wildman–Crippen LogP) is 4.64. The van der Waals surface area contributed by atoms with Crippen LogP contribution in [0.1, 0.15) is 69.4 Å². The smallest absolute Gasteiger partial charge is 0.474 e. The molecule has 5 rings (SSSR count). The molecule has 14 nitrogen and oxygen atoms in total. The summed E-state index contributed by atoms with van der Waals surface area (Å²) in [6.45, 7) is 10.7. The number of hydrogen-bond acceptors (Lipinski definition) is 12. The van der Waals surface area contributed by atoms with E-state index in [1.165, 1.54) is 16.7 Å². The molecule has 0 radical (unpaired) electrons. The maximum Gasteiger partial charge on any atom is 0.527 e. The monoisotopic (exact) mass is 730 g/mol. The summed E-state index contributed by atoms with van der Waals surface area (Å²) in [5.74, 6) is -0.909. The average Bonchev–Trinajstić information content (AvgIpc) is 3.14. The number of piperidine rings is 1. The Balaban J connectivity index is 1.30. The normalized spacial score (nSPS) is 16.3. The van der Waals surface area contributed by atoms with Gasteiger partial charge in [0, 0.05) is 50.8 Å². The number of nitrogens with one attached hydrogen (secondary N) is 1. The van der Waals surface area contributed by atoms with Crippen LogP contribution in [0.5, 0.6) is 5.88 Å². The van der Waals surface area contributed by atoms with Crippen LogP contribution in [0, 0.1) is 0 Å². The molecule has 0 spiro atoms. The third-order valence-corrected chi connectivity index (χ3v) is 8.72. The molecule has 2 saturated heterocycles. The molecular formula is C39H50N6O8. The van der Waals surface area contributed by atoms with Crippen LogP contribution in [0.4, 0.5) is 4.79 Å². The molecule has 14 heteroatoms. The molecule has 1 atom stereocenters. The zero-order valence-electron chi connectivity index (χ0n) is 31.0. The summed E-state index contributed by atoms with van der Waals surface area (Å²) < 4.78 is 16.7. The van der Waals surface area contributed by atoms with Crippen LogP contribution in [-0.4, -0.2) is 112 Å². The molecule has 2 amide bonds. The van der Waals surface area contributed by atoms with Crippen molar-refractivity contribution in [2.45, 2.75) is 77.7 Å². The van der Waals surface area contributed by atoms with Gasteiger partial charge in [0.1, 0.15) is 23.4 Å². The van der Waals surface area contributed by atoms with Crippen LogP contribution >= 0.6 is 0 Å². The number of esters is 1. The van der Waals surface area contributed by atoms with E-state index in [4.69, 9.17) is 19.0 Å². The Morgan fingerprint density at radius 1 is 0.887 bits per heavy atom. The van der Waals surface area contributed by atoms with Crippen molar-refractivity contribution in [1.29, 1.82) is 0 Å². The van der Waals surface area contributed by atoms with E-state index in [1.54, 1.807) is 32.6 Å². The van der Waals surface area contributed by atoms with Crippen LogP contribution in [0.3, 0.4) is 0 Å². The van der Waals surface area contributed by atoms with E-state index < -0.39 is 29.7 Å². The molecule has 3 heterocycles. The highest BCUT2D eigenvalue weighted by Gasteiger charge is 2.32. The van der Waals surface area contributed by atoms with Gasteiger partial charge in [0.05, 0.1) is 19.7 Å². The number of amides is 2. The maximum absolute atomic E-state index is 14.0. The van der Waals surface area contributed by atoms with Crippen LogP contribution in [-0.2, 0) is 30.4 Å². The van der Waals surface area contributed by atoms with E-state index in [2.05, 4.69) is 32.3 Å². The third-order valence-electron chi connectivity index (χ3n) is 8.72. The number of hydroxylamine groups is 2. The summed E-state index contributed by atoms with van der Waals surface area (Å²) >= 11 is 0. The minimum Gasteiger partial charge on any atom is -0.474 e. The van der Waals surface area contributed by atoms with Gasteiger partial charge < -0.3 is 29.3 Å². The second-order valence-electron chi connectivity index (χ2n) is 14.0. The van der Waals surface area contributed by atoms with Crippen molar-refractivity contribution in [1.82, 2.24) is 30.1 Å². The minimum atomic E-state index is -1.07. The van der Waals surface area contributed by atoms with E-state index in [0.717, 1.165) is 32.5 Å². The first-order valence-electron chi connectivity index (χ1n) is 18.2. The Morgan fingerprint density at radius 2 is 1.55 bits per heavy atom. The standard InChI is InChI=1S/C39H50N6O8/c1-5-50-38(49)53-45-24-22-44(23-25-45)37(48)31(16-17-34(46)52-39(2,3)4)41-36(47)32-26-33(42-35(40-32)29-14-10-7-11-15-29)51-30-18-20-43(21-19-30)27-28-12-8-6-9-13-28/h6-15,26,30-31H,5,16-25,27H2,1-4H3,(H,41,47)/t31-/m0/s1. The fourth-order valence-electron chi connectivity index (χ4n) is 6.13. The molecular weight excluding hydrogens is 680 g/mol. The number of rotatable bonds is 13. The lowest BCUT2D eigenvalue weighted by Crippen LogP contribution is -2.55. The number of carbonyl (C=O) groups is 4. The molecule has 2 aliphatic rings. The number of likely N-dealkylation sites (tertiary alicyclic amines) is 1. The molecule has 1 N–H and O–H groups in total. The summed E-state index contributed by atoms with van der Waals surface area (Å²) in [5.41, 5.74) is 1.28. The topological polar surface area (TPSA) is 153 Å². The van der Waals surface area contributed by atoms with Gasteiger partial charge in [0.25, 0.3) is 5.91 Å². The number of nitrogens with zero attached hydrogens (tertiary/aromatic N) is 5. The van der Waals surface area contributed by atoms with E-state index >= 15 is 0 Å². The highest BCUT2D eigenvalue weighted by Crippen LogP contribution is 2.24. The van der Waals surface area contributed by atoms with Crippen molar-refractivity contribution in [2.75, 3.05) is 45.9 Å². The first-order valence-corrected chi connectivity index (χ1v) is 18.2. The molecule has 2 aromatic carbocycles. The predicted molar refractivity (Wildman–Crippen MR) is 195 cm³/mol. The molecule has 53 heavy (non-hydrogen) atoms. The Labute approximate surface area is 310 Å². The quantitative estimate of drug-likeness (QED) is 0.244. The Morgan fingerprint density at radius 3 is 2.19 bits per heavy atom. The van der Waals surface area contributed by atoms with E-state index in [9.17, 15) is 19.2 Å². The van der Waals surface area contributed by atoms with Crippen molar-refractivity contribution < 1.29 is 38.2 Å². The van der Waals surface area contributed by atoms with Crippen LogP contribution in [0.2, 0.25) is 0 Å². The number of hydrogen-bond donors (Lipinski definition) is 1. The first-order chi connectivity index (χ1) is 25.5. The number of carbonyl (C=O) groups excluding carboxylic acids is 4. The lowest BCUT2D eigenvalue weighted by atomic mass is 10.1. The first kappa shape index (κ1) is 39.1. The van der Waals surface area contributed by atoms with Crippen molar-refractivity contribution in [3.63, 3.8) is 0 Å². The van der Waals surface area contributed by atoms with Gasteiger partial charge in [-0.2, -0.15) is 4.98 Å². The van der Waals surface area contributed by atoms with Gasteiger partial charge in [-0.3, -0.25) is 19.3 Å². The highest BCUT2D eigenvalue weighted by molar-refractivity contribution is 5.96. The number of piperazine rings is 1. The SMILES string of the molecule is CCOC(=O)ON1CCN(C(=O)[C@H](CCC(=O)OC(C)(C)C)NC(=O)c2cc(OC3CCN(Cc4ccccc4)CC3)nc(-c3ccccc3)n2)CC1. The van der Waals surface area contributed by atoms with Gasteiger partial charge in [-0.1, -0.05) is 60.7 Å². The van der Waals surface area contributed by atoms with Crippen molar-refractivity contribution >= 4 is 23.9 Å². The summed E-state index contributed by atoms with van der Waals surface area (Å²) in [7, 11) is 0. The molecule has 0 aliphatic carbocycles. The largest absolute Gasteiger partial charge is 0.527 e. The molecule has 0 unspecified atom stereocenters. The van der Waals surface area contributed by atoms with Gasteiger partial charge >= 0.3 is 12.1 Å². The van der Waals surface area contributed by atoms with Crippen LogP contribution < -0.4 is 10.1 Å². The second kappa shape index (κ2) is 18.6. The maximum atomic E-state index is 14.0. The van der Waals surface area contributed by atoms with E-state index in [1.807, 2.05) is 48.5 Å². The van der Waals surface area contributed by atoms with Crippen LogP contribution in [0.25, 0.3) is 11.4 Å². The van der Waals surface area contributed by atoms with E-state index in [-0.39, 0.29) is 69.2 Å².